The number of Topliss-reactive ketones (excluding diaryl/α,β-unsaturated/α-hetero) is 1. The molecule has 7 heteroatoms. The van der Waals surface area contributed by atoms with Gasteiger partial charge in [0.15, 0.2) is 5.78 Å². The fraction of sp³-hybridized carbons (Fsp3) is 0.308. The second-order valence-corrected chi connectivity index (χ2v) is 8.89. The topological polar surface area (TPSA) is 74.8 Å². The number of nitrogens with zero attached hydrogens (tertiary/aromatic N) is 2. The van der Waals surface area contributed by atoms with Crippen LogP contribution in [0.5, 0.6) is 0 Å². The van der Waals surface area contributed by atoms with Crippen molar-refractivity contribution in [2.24, 2.45) is 17.8 Å². The minimum absolute atomic E-state index is 0.136. The summed E-state index contributed by atoms with van der Waals surface area (Å²) < 4.78 is 0. The van der Waals surface area contributed by atoms with Crippen LogP contribution in [0.4, 0.5) is 0 Å². The molecular formula is C26H25ClN2O4. The Labute approximate surface area is 197 Å². The molecule has 0 saturated carbocycles. The molecule has 4 atom stereocenters. The van der Waals surface area contributed by atoms with E-state index in [4.69, 9.17) is 11.6 Å². The van der Waals surface area contributed by atoms with Crippen molar-refractivity contribution in [2.75, 3.05) is 0 Å². The molecule has 170 valence electrons. The van der Waals surface area contributed by atoms with Crippen molar-refractivity contribution in [3.05, 3.63) is 82.9 Å². The molecule has 0 N–H and O–H groups in total. The van der Waals surface area contributed by atoms with Gasteiger partial charge in [-0.25, -0.2) is 5.01 Å². The van der Waals surface area contributed by atoms with Crippen LogP contribution in [0.2, 0.25) is 5.02 Å². The molecular weight excluding hydrogens is 440 g/mol. The molecule has 2 aliphatic rings. The van der Waals surface area contributed by atoms with E-state index in [1.165, 1.54) is 12.1 Å². The third-order valence-corrected chi connectivity index (χ3v) is 6.66. The zero-order valence-electron chi connectivity index (χ0n) is 18.5. The maximum atomic E-state index is 13.7. The van der Waals surface area contributed by atoms with Gasteiger partial charge < -0.3 is 0 Å². The Kier molecular flexibility index (Phi) is 6.47. The average molecular weight is 465 g/mol. The van der Waals surface area contributed by atoms with Gasteiger partial charge in [-0.2, -0.15) is 5.01 Å². The Hall–Kier alpha value is -3.25. The summed E-state index contributed by atoms with van der Waals surface area (Å²) in [6.45, 7) is 3.65. The number of benzene rings is 2. The third-order valence-electron chi connectivity index (χ3n) is 6.41. The number of rotatable bonds is 6. The molecule has 2 aromatic carbocycles. The SMILES string of the molecule is CC[C@H](C(=O)c1ccccc1)N(C(=O)c1ccc(Cl)cc1)N1C(=O)[C@H]2[C@@H](C)C=CC[C@H]2C1=O. The van der Waals surface area contributed by atoms with Gasteiger partial charge in [-0.3, -0.25) is 19.2 Å². The Morgan fingerprint density at radius 2 is 1.70 bits per heavy atom. The molecule has 0 spiro atoms. The van der Waals surface area contributed by atoms with E-state index >= 15 is 0 Å². The molecule has 3 amide bonds. The highest BCUT2D eigenvalue weighted by atomic mass is 35.5. The molecule has 1 saturated heterocycles. The van der Waals surface area contributed by atoms with E-state index < -0.39 is 35.6 Å². The van der Waals surface area contributed by atoms with Crippen molar-refractivity contribution in [3.63, 3.8) is 0 Å². The Morgan fingerprint density at radius 3 is 2.30 bits per heavy atom. The fourth-order valence-electron chi connectivity index (χ4n) is 4.70. The lowest BCUT2D eigenvalue weighted by molar-refractivity contribution is -0.156. The first-order chi connectivity index (χ1) is 15.8. The summed E-state index contributed by atoms with van der Waals surface area (Å²) in [6.07, 6.45) is 4.49. The molecule has 0 bridgehead atoms. The minimum Gasteiger partial charge on any atom is -0.292 e. The zero-order chi connectivity index (χ0) is 23.7. The predicted octanol–water partition coefficient (Wildman–Crippen LogP) is 4.56. The first-order valence-electron chi connectivity index (χ1n) is 11.1. The lowest BCUT2D eigenvalue weighted by Crippen LogP contribution is -2.57. The first-order valence-corrected chi connectivity index (χ1v) is 11.5. The molecule has 1 fully saturated rings. The van der Waals surface area contributed by atoms with Crippen LogP contribution in [0, 0.1) is 17.8 Å². The van der Waals surface area contributed by atoms with E-state index in [0.717, 1.165) is 10.0 Å². The van der Waals surface area contributed by atoms with Gasteiger partial charge in [-0.05, 0) is 43.0 Å². The highest BCUT2D eigenvalue weighted by Crippen LogP contribution is 2.40. The summed E-state index contributed by atoms with van der Waals surface area (Å²) in [5, 5.41) is 2.46. The number of hydrazine groups is 1. The van der Waals surface area contributed by atoms with Crippen LogP contribution in [0.25, 0.3) is 0 Å². The number of carbonyl (C=O) groups excluding carboxylic acids is 4. The normalized spacial score (nSPS) is 22.8. The summed E-state index contributed by atoms with van der Waals surface area (Å²) in [5.74, 6) is -3.03. The minimum atomic E-state index is -1.02. The second-order valence-electron chi connectivity index (χ2n) is 8.45. The van der Waals surface area contributed by atoms with Crippen molar-refractivity contribution in [1.82, 2.24) is 10.0 Å². The summed E-state index contributed by atoms with van der Waals surface area (Å²) in [5.41, 5.74) is 0.644. The zero-order valence-corrected chi connectivity index (χ0v) is 19.2. The smallest absolute Gasteiger partial charge is 0.273 e. The van der Waals surface area contributed by atoms with Crippen LogP contribution in [0.1, 0.15) is 47.4 Å². The quantitative estimate of drug-likeness (QED) is 0.357. The largest absolute Gasteiger partial charge is 0.292 e. The predicted molar refractivity (Wildman–Crippen MR) is 124 cm³/mol. The highest BCUT2D eigenvalue weighted by Gasteiger charge is 2.54. The second kappa shape index (κ2) is 9.32. The summed E-state index contributed by atoms with van der Waals surface area (Å²) in [6, 6.07) is 13.7. The van der Waals surface area contributed by atoms with Gasteiger partial charge in [0.25, 0.3) is 17.7 Å². The number of ketones is 1. The van der Waals surface area contributed by atoms with Crippen molar-refractivity contribution in [2.45, 2.75) is 32.7 Å². The molecule has 0 radical (unpaired) electrons. The van der Waals surface area contributed by atoms with Gasteiger partial charge in [0.05, 0.1) is 11.8 Å². The maximum Gasteiger partial charge on any atom is 0.273 e. The van der Waals surface area contributed by atoms with E-state index in [0.29, 0.717) is 17.0 Å². The van der Waals surface area contributed by atoms with Gasteiger partial charge in [-0.1, -0.05) is 67.9 Å². The maximum absolute atomic E-state index is 13.7. The molecule has 2 aromatic rings. The molecule has 1 aliphatic heterocycles. The van der Waals surface area contributed by atoms with Crippen molar-refractivity contribution in [3.8, 4) is 0 Å². The van der Waals surface area contributed by atoms with Gasteiger partial charge in [0.1, 0.15) is 6.04 Å². The Morgan fingerprint density at radius 1 is 1.03 bits per heavy atom. The third kappa shape index (κ3) is 4.11. The number of allylic oxidation sites excluding steroid dienone is 2. The number of amides is 3. The Balaban J connectivity index is 1.80. The number of hydrogen-bond donors (Lipinski definition) is 0. The van der Waals surface area contributed by atoms with E-state index in [1.54, 1.807) is 49.4 Å². The Bertz CT molecular complexity index is 1110. The molecule has 0 unspecified atom stereocenters. The molecule has 4 rings (SSSR count). The van der Waals surface area contributed by atoms with Gasteiger partial charge >= 0.3 is 0 Å². The van der Waals surface area contributed by atoms with Gasteiger partial charge in [-0.15, -0.1) is 0 Å². The molecule has 33 heavy (non-hydrogen) atoms. The van der Waals surface area contributed by atoms with E-state index in [1.807, 2.05) is 19.1 Å². The van der Waals surface area contributed by atoms with Crippen molar-refractivity contribution in [1.29, 1.82) is 0 Å². The summed E-state index contributed by atoms with van der Waals surface area (Å²) >= 11 is 5.98. The molecule has 6 nitrogen and oxygen atoms in total. The lowest BCUT2D eigenvalue weighted by atomic mass is 9.78. The standard InChI is InChI=1S/C26H25ClN2O4/c1-3-21(23(30)17-9-5-4-6-10-17)28(24(31)18-12-14-19(27)15-13-18)29-25(32)20-11-7-8-16(2)22(20)26(29)33/h4-10,12-16,20-22H,3,11H2,1-2H3/t16-,20+,21+,22-/m0/s1. The van der Waals surface area contributed by atoms with Crippen molar-refractivity contribution < 1.29 is 19.2 Å². The van der Waals surface area contributed by atoms with Crippen LogP contribution in [0.3, 0.4) is 0 Å². The summed E-state index contributed by atoms with van der Waals surface area (Å²) in [4.78, 5) is 54.2. The highest BCUT2D eigenvalue weighted by molar-refractivity contribution is 6.30. The first kappa shape index (κ1) is 22.9. The van der Waals surface area contributed by atoms with Crippen LogP contribution in [-0.2, 0) is 9.59 Å². The van der Waals surface area contributed by atoms with Crippen LogP contribution < -0.4 is 0 Å². The number of hydrogen-bond acceptors (Lipinski definition) is 4. The fourth-order valence-corrected chi connectivity index (χ4v) is 4.83. The molecule has 1 heterocycles. The number of fused-ring (bicyclic) bond motifs is 1. The number of halogens is 1. The van der Waals surface area contributed by atoms with Gasteiger partial charge in [0, 0.05) is 16.1 Å². The van der Waals surface area contributed by atoms with Crippen LogP contribution in [0.15, 0.2) is 66.7 Å². The molecule has 1 aliphatic carbocycles. The van der Waals surface area contributed by atoms with E-state index in [9.17, 15) is 19.2 Å². The van der Waals surface area contributed by atoms with Gasteiger partial charge in [0.2, 0.25) is 0 Å². The number of carbonyl (C=O) groups is 4. The van der Waals surface area contributed by atoms with Crippen LogP contribution >= 0.6 is 11.6 Å². The van der Waals surface area contributed by atoms with Crippen molar-refractivity contribution >= 4 is 35.1 Å². The average Bonchev–Trinajstić information content (AvgIpc) is 3.08. The van der Waals surface area contributed by atoms with Crippen LogP contribution in [-0.4, -0.2) is 39.6 Å². The van der Waals surface area contributed by atoms with E-state index in [2.05, 4.69) is 0 Å². The lowest BCUT2D eigenvalue weighted by Gasteiger charge is -2.36. The van der Waals surface area contributed by atoms with E-state index in [-0.39, 0.29) is 23.7 Å². The summed E-state index contributed by atoms with van der Waals surface area (Å²) in [7, 11) is 0. The molecule has 0 aromatic heterocycles. The monoisotopic (exact) mass is 464 g/mol. The number of imide groups is 1.